The van der Waals surface area contributed by atoms with Crippen molar-refractivity contribution in [2.45, 2.75) is 38.6 Å². The van der Waals surface area contributed by atoms with Crippen molar-refractivity contribution in [3.63, 3.8) is 0 Å². The Balaban J connectivity index is 1.53. The van der Waals surface area contributed by atoms with E-state index in [2.05, 4.69) is 55.5 Å². The van der Waals surface area contributed by atoms with E-state index in [0.717, 1.165) is 17.8 Å². The maximum atomic E-state index is 3.78. The van der Waals surface area contributed by atoms with E-state index in [4.69, 9.17) is 0 Å². The van der Waals surface area contributed by atoms with E-state index >= 15 is 0 Å². The van der Waals surface area contributed by atoms with Crippen molar-refractivity contribution in [3.8, 4) is 0 Å². The standard InChI is InChI=1S/C18H28N2/c1-13(14-8-10-17(11-9-14)20(2)3)19-12-18(15-4-5-15)16-6-7-16/h8-11,13,15-16,18-19H,4-7,12H2,1-3H3. The highest BCUT2D eigenvalue weighted by molar-refractivity contribution is 5.46. The van der Waals surface area contributed by atoms with Gasteiger partial charge in [-0.25, -0.2) is 0 Å². The van der Waals surface area contributed by atoms with Gasteiger partial charge in [0.2, 0.25) is 0 Å². The van der Waals surface area contributed by atoms with E-state index in [-0.39, 0.29) is 0 Å². The molecule has 0 aliphatic heterocycles. The third-order valence-electron chi connectivity index (χ3n) is 5.02. The van der Waals surface area contributed by atoms with Gasteiger partial charge in [0.15, 0.2) is 0 Å². The predicted molar refractivity (Wildman–Crippen MR) is 86.1 cm³/mol. The topological polar surface area (TPSA) is 15.3 Å². The molecule has 2 aliphatic carbocycles. The molecule has 0 aromatic heterocycles. The minimum atomic E-state index is 0.464. The Hall–Kier alpha value is -1.02. The van der Waals surface area contributed by atoms with Gasteiger partial charge >= 0.3 is 0 Å². The number of rotatable bonds is 7. The maximum absolute atomic E-state index is 3.78. The molecule has 20 heavy (non-hydrogen) atoms. The van der Waals surface area contributed by atoms with Gasteiger partial charge in [-0.05, 0) is 74.6 Å². The molecule has 2 heteroatoms. The predicted octanol–water partition coefficient (Wildman–Crippen LogP) is 3.84. The number of nitrogens with one attached hydrogen (secondary N) is 1. The van der Waals surface area contributed by atoms with E-state index in [9.17, 15) is 0 Å². The lowest BCUT2D eigenvalue weighted by molar-refractivity contribution is 0.362. The first-order valence-corrected chi connectivity index (χ1v) is 8.16. The van der Waals surface area contributed by atoms with Crippen molar-refractivity contribution < 1.29 is 0 Å². The van der Waals surface area contributed by atoms with Crippen LogP contribution >= 0.6 is 0 Å². The molecule has 0 heterocycles. The summed E-state index contributed by atoms with van der Waals surface area (Å²) in [6.45, 7) is 3.51. The first-order chi connectivity index (χ1) is 9.65. The van der Waals surface area contributed by atoms with Crippen LogP contribution in [0.2, 0.25) is 0 Å². The van der Waals surface area contributed by atoms with Crippen LogP contribution in [0.3, 0.4) is 0 Å². The van der Waals surface area contributed by atoms with Crippen molar-refractivity contribution in [1.29, 1.82) is 0 Å². The first kappa shape index (κ1) is 13.9. The normalized spacial score (nSPS) is 20.2. The fraction of sp³-hybridized carbons (Fsp3) is 0.667. The summed E-state index contributed by atoms with van der Waals surface area (Å²) in [6, 6.07) is 9.41. The fourth-order valence-electron chi connectivity index (χ4n) is 3.26. The fourth-order valence-corrected chi connectivity index (χ4v) is 3.26. The Morgan fingerprint density at radius 2 is 1.60 bits per heavy atom. The second-order valence-corrected chi connectivity index (χ2v) is 6.95. The highest BCUT2D eigenvalue weighted by atomic mass is 15.1. The highest BCUT2D eigenvalue weighted by Gasteiger charge is 2.41. The van der Waals surface area contributed by atoms with Gasteiger partial charge in [0, 0.05) is 25.8 Å². The number of anilines is 1. The summed E-state index contributed by atoms with van der Waals surface area (Å²) < 4.78 is 0. The molecule has 0 amide bonds. The Labute approximate surface area is 123 Å². The van der Waals surface area contributed by atoms with Crippen LogP contribution in [-0.4, -0.2) is 20.6 Å². The highest BCUT2D eigenvalue weighted by Crippen LogP contribution is 2.48. The van der Waals surface area contributed by atoms with E-state index in [1.807, 2.05) is 0 Å². The average Bonchev–Trinajstić information content (AvgIpc) is 3.32. The van der Waals surface area contributed by atoms with Crippen molar-refractivity contribution in [2.75, 3.05) is 25.5 Å². The van der Waals surface area contributed by atoms with Gasteiger partial charge in [0.1, 0.15) is 0 Å². The molecule has 0 radical (unpaired) electrons. The lowest BCUT2D eigenvalue weighted by Gasteiger charge is -2.21. The molecule has 2 aliphatic rings. The van der Waals surface area contributed by atoms with Gasteiger partial charge in [-0.1, -0.05) is 12.1 Å². The van der Waals surface area contributed by atoms with E-state index < -0.39 is 0 Å². The van der Waals surface area contributed by atoms with Crippen LogP contribution in [0.25, 0.3) is 0 Å². The number of nitrogens with zero attached hydrogens (tertiary/aromatic N) is 1. The molecule has 1 N–H and O–H groups in total. The van der Waals surface area contributed by atoms with Crippen molar-refractivity contribution in [1.82, 2.24) is 5.32 Å². The molecule has 1 aromatic rings. The summed E-state index contributed by atoms with van der Waals surface area (Å²) in [4.78, 5) is 2.15. The monoisotopic (exact) mass is 272 g/mol. The molecule has 110 valence electrons. The summed E-state index contributed by atoms with van der Waals surface area (Å²) >= 11 is 0. The third kappa shape index (κ3) is 3.35. The quantitative estimate of drug-likeness (QED) is 0.811. The largest absolute Gasteiger partial charge is 0.378 e. The summed E-state index contributed by atoms with van der Waals surface area (Å²) in [5, 5.41) is 3.78. The molecular weight excluding hydrogens is 244 g/mol. The molecule has 0 bridgehead atoms. The Morgan fingerprint density at radius 1 is 1.05 bits per heavy atom. The van der Waals surface area contributed by atoms with Crippen molar-refractivity contribution >= 4 is 5.69 Å². The van der Waals surface area contributed by atoms with Crippen LogP contribution in [0.5, 0.6) is 0 Å². The van der Waals surface area contributed by atoms with Gasteiger partial charge in [0.05, 0.1) is 0 Å². The van der Waals surface area contributed by atoms with Gasteiger partial charge in [-0.3, -0.25) is 0 Å². The summed E-state index contributed by atoms with van der Waals surface area (Å²) in [7, 11) is 4.18. The van der Waals surface area contributed by atoms with Crippen LogP contribution < -0.4 is 10.2 Å². The minimum absolute atomic E-state index is 0.464. The molecule has 0 spiro atoms. The van der Waals surface area contributed by atoms with E-state index in [0.29, 0.717) is 6.04 Å². The molecule has 1 unspecified atom stereocenters. The first-order valence-electron chi connectivity index (χ1n) is 8.16. The average molecular weight is 272 g/mol. The molecule has 2 nitrogen and oxygen atoms in total. The Bertz CT molecular complexity index is 417. The molecule has 1 aromatic carbocycles. The zero-order valence-corrected chi connectivity index (χ0v) is 13.1. The van der Waals surface area contributed by atoms with Crippen LogP contribution in [0.1, 0.15) is 44.2 Å². The number of hydrogen-bond donors (Lipinski definition) is 1. The third-order valence-corrected chi connectivity index (χ3v) is 5.02. The smallest absolute Gasteiger partial charge is 0.0361 e. The Kier molecular flexibility index (Phi) is 4.02. The lowest BCUT2D eigenvalue weighted by atomic mass is 9.97. The molecule has 2 saturated carbocycles. The zero-order valence-electron chi connectivity index (χ0n) is 13.1. The Morgan fingerprint density at radius 3 is 2.05 bits per heavy atom. The van der Waals surface area contributed by atoms with Crippen molar-refractivity contribution in [2.24, 2.45) is 17.8 Å². The molecule has 3 rings (SSSR count). The lowest BCUT2D eigenvalue weighted by Crippen LogP contribution is -2.28. The molecule has 2 fully saturated rings. The second kappa shape index (κ2) is 5.77. The van der Waals surface area contributed by atoms with E-state index in [1.54, 1.807) is 0 Å². The molecular formula is C18H28N2. The summed E-state index contributed by atoms with van der Waals surface area (Å²) in [5.41, 5.74) is 2.68. The van der Waals surface area contributed by atoms with Crippen LogP contribution in [-0.2, 0) is 0 Å². The van der Waals surface area contributed by atoms with Gasteiger partial charge in [-0.15, -0.1) is 0 Å². The maximum Gasteiger partial charge on any atom is 0.0361 e. The summed E-state index contributed by atoms with van der Waals surface area (Å²) in [6.07, 6.45) is 5.92. The second-order valence-electron chi connectivity index (χ2n) is 6.95. The van der Waals surface area contributed by atoms with Gasteiger partial charge in [-0.2, -0.15) is 0 Å². The van der Waals surface area contributed by atoms with Crippen LogP contribution in [0.4, 0.5) is 5.69 Å². The molecule has 1 atom stereocenters. The zero-order chi connectivity index (χ0) is 14.1. The molecule has 0 saturated heterocycles. The van der Waals surface area contributed by atoms with E-state index in [1.165, 1.54) is 43.5 Å². The number of benzene rings is 1. The van der Waals surface area contributed by atoms with Crippen molar-refractivity contribution in [3.05, 3.63) is 29.8 Å². The SMILES string of the molecule is CC(NCC(C1CC1)C1CC1)c1ccc(N(C)C)cc1. The minimum Gasteiger partial charge on any atom is -0.378 e. The van der Waals surface area contributed by atoms with Crippen LogP contribution in [0.15, 0.2) is 24.3 Å². The van der Waals surface area contributed by atoms with Crippen LogP contribution in [0, 0.1) is 17.8 Å². The summed E-state index contributed by atoms with van der Waals surface area (Å²) in [5.74, 6) is 3.04. The van der Waals surface area contributed by atoms with Gasteiger partial charge in [0.25, 0.3) is 0 Å². The number of hydrogen-bond acceptors (Lipinski definition) is 2. The van der Waals surface area contributed by atoms with Gasteiger partial charge < -0.3 is 10.2 Å².